The third-order valence-corrected chi connectivity index (χ3v) is 10.5. The Kier molecular flexibility index (Phi) is 9.64. The molecule has 0 saturated carbocycles. The Morgan fingerprint density at radius 1 is 1.15 bits per heavy atom. The molecule has 1 aromatic rings. The van der Waals surface area contributed by atoms with Crippen molar-refractivity contribution in [3.8, 4) is 6.07 Å². The second kappa shape index (κ2) is 10.7. The first-order valence-electron chi connectivity index (χ1n) is 9.47. The zero-order valence-corrected chi connectivity index (χ0v) is 19.2. The van der Waals surface area contributed by atoms with Crippen molar-refractivity contribution in [1.82, 2.24) is 5.32 Å². The van der Waals surface area contributed by atoms with Gasteiger partial charge in [-0.3, -0.25) is 0 Å². The molecule has 0 aromatic heterocycles. The zero-order chi connectivity index (χ0) is 19.8. The Labute approximate surface area is 170 Å². The second-order valence-corrected chi connectivity index (χ2v) is 13.0. The Bertz CT molecular complexity index is 584. The van der Waals surface area contributed by atoms with Gasteiger partial charge in [0.1, 0.15) is 0 Å². The molecule has 0 aliphatic heterocycles. The van der Waals surface area contributed by atoms with Crippen molar-refractivity contribution in [2.24, 2.45) is 5.41 Å². The van der Waals surface area contributed by atoms with Gasteiger partial charge in [-0.25, -0.2) is 0 Å². The first-order chi connectivity index (χ1) is 12.2. The van der Waals surface area contributed by atoms with Crippen molar-refractivity contribution < 1.29 is 4.43 Å². The number of nitriles is 1. The van der Waals surface area contributed by atoms with Crippen molar-refractivity contribution in [1.29, 1.82) is 5.26 Å². The van der Waals surface area contributed by atoms with E-state index in [9.17, 15) is 5.26 Å². The lowest BCUT2D eigenvalue weighted by atomic mass is 9.91. The molecule has 0 spiro atoms. The van der Waals surface area contributed by atoms with Crippen LogP contribution in [0.15, 0.2) is 18.2 Å². The molecule has 0 aliphatic carbocycles. The maximum Gasteiger partial charge on any atom is 0.0684 e. The summed E-state index contributed by atoms with van der Waals surface area (Å²) < 4.78 is 6.73. The van der Waals surface area contributed by atoms with Crippen LogP contribution in [0, 0.1) is 16.7 Å². The van der Waals surface area contributed by atoms with Crippen molar-refractivity contribution in [3.05, 3.63) is 33.8 Å². The fourth-order valence-electron chi connectivity index (χ4n) is 3.01. The fourth-order valence-corrected chi connectivity index (χ4v) is 6.46. The lowest BCUT2D eigenvalue weighted by Crippen LogP contribution is -2.40. The number of nitrogens with one attached hydrogen (secondary N) is 1. The number of nitrogens with zero attached hydrogens (tertiary/aromatic N) is 1. The summed E-state index contributed by atoms with van der Waals surface area (Å²) in [5, 5.41) is 13.9. The Hall–Kier alpha value is -0.573. The molecule has 0 fully saturated rings. The maximum absolute atomic E-state index is 9.17. The van der Waals surface area contributed by atoms with Crippen LogP contribution >= 0.6 is 23.2 Å². The lowest BCUT2D eigenvalue weighted by molar-refractivity contribution is 0.185. The van der Waals surface area contributed by atoms with Gasteiger partial charge in [-0.1, -0.05) is 50.0 Å². The van der Waals surface area contributed by atoms with Crippen molar-refractivity contribution in [3.63, 3.8) is 0 Å². The third kappa shape index (κ3) is 6.55. The monoisotopic (exact) mass is 414 g/mol. The molecule has 1 N–H and O–H groups in total. The molecule has 26 heavy (non-hydrogen) atoms. The summed E-state index contributed by atoms with van der Waals surface area (Å²) in [6.45, 7) is 11.9. The van der Waals surface area contributed by atoms with Gasteiger partial charge in [-0.15, -0.1) is 18.1 Å². The largest absolute Gasteiger partial charge is 0.558 e. The highest BCUT2D eigenvalue weighted by Crippen LogP contribution is 2.36. The van der Waals surface area contributed by atoms with E-state index in [0.717, 1.165) is 36.7 Å². The topological polar surface area (TPSA) is 45.0 Å². The van der Waals surface area contributed by atoms with Crippen LogP contribution < -0.4 is 5.32 Å². The van der Waals surface area contributed by atoms with Gasteiger partial charge in [-0.05, 0) is 47.3 Å². The summed E-state index contributed by atoms with van der Waals surface area (Å²) in [5.41, 5.74) is 0.537. The van der Waals surface area contributed by atoms with Crippen LogP contribution in [-0.2, 0) is 4.43 Å². The molecule has 1 rings (SSSR count). The van der Waals surface area contributed by atoms with Gasteiger partial charge in [0.15, 0.2) is 0 Å². The minimum absolute atomic E-state index is 0.173. The van der Waals surface area contributed by atoms with Crippen LogP contribution in [-0.4, -0.2) is 21.4 Å². The smallest absolute Gasteiger partial charge is 0.0684 e. The number of rotatable bonds is 11. The molecule has 1 atom stereocenters. The molecule has 0 saturated heterocycles. The van der Waals surface area contributed by atoms with E-state index in [1.807, 2.05) is 32.0 Å². The molecule has 0 heterocycles. The maximum atomic E-state index is 9.17. The quantitative estimate of drug-likeness (QED) is 0.328. The van der Waals surface area contributed by atoms with E-state index in [4.69, 9.17) is 27.6 Å². The van der Waals surface area contributed by atoms with E-state index in [2.05, 4.69) is 32.2 Å². The van der Waals surface area contributed by atoms with E-state index in [-0.39, 0.29) is 11.5 Å². The average Bonchev–Trinajstić information content (AvgIpc) is 2.62. The molecule has 1 aromatic carbocycles. The zero-order valence-electron chi connectivity index (χ0n) is 16.7. The molecule has 147 valence electrons. The number of benzene rings is 1. The number of halogens is 2. The van der Waals surface area contributed by atoms with Crippen LogP contribution in [0.2, 0.25) is 28.2 Å². The van der Waals surface area contributed by atoms with Crippen LogP contribution in [0.1, 0.15) is 52.7 Å². The van der Waals surface area contributed by atoms with Gasteiger partial charge in [0.2, 0.25) is 0 Å². The standard InChI is InChI=1S/C20H32Cl2N2OSi/c1-6-26(7-2,8-3)25-18(14-24-13-12-20(4,5)15-23)19-16(21)10-9-11-17(19)22/h9-11,18,24H,6-8,12-14H2,1-5H3/q-1. The molecule has 3 nitrogen and oxygen atoms in total. The van der Waals surface area contributed by atoms with Crippen LogP contribution in [0.25, 0.3) is 0 Å². The average molecular weight is 415 g/mol. The minimum Gasteiger partial charge on any atom is -0.558 e. The Morgan fingerprint density at radius 3 is 2.15 bits per heavy atom. The van der Waals surface area contributed by atoms with Gasteiger partial charge in [0.05, 0.1) is 17.6 Å². The molecule has 0 bridgehead atoms. The summed E-state index contributed by atoms with van der Waals surface area (Å²) >= 11 is 12.9. The van der Waals surface area contributed by atoms with E-state index < -0.39 is 8.32 Å². The van der Waals surface area contributed by atoms with Gasteiger partial charge in [0, 0.05) is 22.2 Å². The van der Waals surface area contributed by atoms with Gasteiger partial charge < -0.3 is 9.74 Å². The summed E-state index contributed by atoms with van der Waals surface area (Å²) in [5.74, 6) is 0. The first kappa shape index (κ1) is 23.5. The third-order valence-electron chi connectivity index (χ3n) is 5.21. The summed E-state index contributed by atoms with van der Waals surface area (Å²) in [6, 6.07) is 11.1. The minimum atomic E-state index is -1.82. The Balaban J connectivity index is 2.98. The van der Waals surface area contributed by atoms with Gasteiger partial charge in [0.25, 0.3) is 0 Å². The predicted molar refractivity (Wildman–Crippen MR) is 114 cm³/mol. The number of hydrogen-bond acceptors (Lipinski definition) is 3. The van der Waals surface area contributed by atoms with Crippen molar-refractivity contribution in [2.75, 3.05) is 13.1 Å². The van der Waals surface area contributed by atoms with Gasteiger partial charge >= 0.3 is 0 Å². The number of hydrogen-bond donors (Lipinski definition) is 1. The van der Waals surface area contributed by atoms with Crippen LogP contribution in [0.3, 0.4) is 0 Å². The van der Waals surface area contributed by atoms with E-state index >= 15 is 0 Å². The van der Waals surface area contributed by atoms with E-state index in [1.165, 1.54) is 0 Å². The molecule has 0 amide bonds. The molecule has 1 unspecified atom stereocenters. The lowest BCUT2D eigenvalue weighted by Gasteiger charge is -2.45. The van der Waals surface area contributed by atoms with Crippen LogP contribution in [0.4, 0.5) is 0 Å². The molecule has 6 heteroatoms. The van der Waals surface area contributed by atoms with E-state index in [1.54, 1.807) is 0 Å². The SMILES string of the molecule is CC[Si-](CC)(CC)OC(CNCCC(C)(C)C#N)c1c(Cl)cccc1Cl. The molecule has 0 aliphatic rings. The van der Waals surface area contributed by atoms with Crippen LogP contribution in [0.5, 0.6) is 0 Å². The first-order valence-corrected chi connectivity index (χ1v) is 12.8. The molecular formula is C20H32Cl2N2OSi-. The van der Waals surface area contributed by atoms with Gasteiger partial charge in [-0.2, -0.15) is 5.26 Å². The van der Waals surface area contributed by atoms with E-state index in [0.29, 0.717) is 16.6 Å². The molecular weight excluding hydrogens is 383 g/mol. The molecule has 0 radical (unpaired) electrons. The normalized spacial score (nSPS) is 13.5. The highest BCUT2D eigenvalue weighted by Gasteiger charge is 2.24. The fraction of sp³-hybridized carbons (Fsp3) is 0.650. The summed E-state index contributed by atoms with van der Waals surface area (Å²) in [4.78, 5) is 0. The van der Waals surface area contributed by atoms with Crippen molar-refractivity contribution in [2.45, 2.75) is 65.3 Å². The highest BCUT2D eigenvalue weighted by atomic mass is 35.5. The summed E-state index contributed by atoms with van der Waals surface area (Å²) in [6.07, 6.45) is 0.609. The predicted octanol–water partition coefficient (Wildman–Crippen LogP) is 6.59. The highest BCUT2D eigenvalue weighted by molar-refractivity contribution is 6.73. The van der Waals surface area contributed by atoms with Crippen molar-refractivity contribution >= 4 is 31.5 Å². The second-order valence-electron chi connectivity index (χ2n) is 7.44. The Morgan fingerprint density at radius 2 is 1.69 bits per heavy atom. The summed E-state index contributed by atoms with van der Waals surface area (Å²) in [7, 11) is -1.82.